The lowest BCUT2D eigenvalue weighted by atomic mass is 10.2. The van der Waals surface area contributed by atoms with E-state index in [1.54, 1.807) is 12.1 Å². The lowest BCUT2D eigenvalue weighted by Gasteiger charge is -2.16. The van der Waals surface area contributed by atoms with Gasteiger partial charge in [0.1, 0.15) is 12.4 Å². The highest BCUT2D eigenvalue weighted by Crippen LogP contribution is 2.37. The molecule has 2 aromatic rings. The quantitative estimate of drug-likeness (QED) is 0.621. The van der Waals surface area contributed by atoms with Crippen LogP contribution in [-0.2, 0) is 13.2 Å². The van der Waals surface area contributed by atoms with Gasteiger partial charge in [0, 0.05) is 12.6 Å². The minimum Gasteiger partial charge on any atom is -0.490 e. The van der Waals surface area contributed by atoms with Crippen molar-refractivity contribution in [3.63, 3.8) is 0 Å². The van der Waals surface area contributed by atoms with Gasteiger partial charge in [-0.3, -0.25) is 0 Å². The van der Waals surface area contributed by atoms with Gasteiger partial charge in [0.15, 0.2) is 11.5 Å². The molecule has 0 aromatic heterocycles. The SMILES string of the molecule is CCOc1cc(CNC2CC2)cc(Br)c1OCc1ccc(F)cc1.Cl. The fourth-order valence-corrected chi connectivity index (χ4v) is 3.02. The highest BCUT2D eigenvalue weighted by molar-refractivity contribution is 9.10. The van der Waals surface area contributed by atoms with Gasteiger partial charge < -0.3 is 14.8 Å². The Hall–Kier alpha value is -1.30. The molecule has 25 heavy (non-hydrogen) atoms. The number of benzene rings is 2. The van der Waals surface area contributed by atoms with Gasteiger partial charge in [0.25, 0.3) is 0 Å². The summed E-state index contributed by atoms with van der Waals surface area (Å²) in [5, 5.41) is 3.50. The first-order valence-electron chi connectivity index (χ1n) is 8.21. The Labute approximate surface area is 162 Å². The molecule has 3 rings (SSSR count). The summed E-state index contributed by atoms with van der Waals surface area (Å²) >= 11 is 3.58. The van der Waals surface area contributed by atoms with Crippen LogP contribution in [0.15, 0.2) is 40.9 Å². The molecule has 0 bridgehead atoms. The zero-order chi connectivity index (χ0) is 16.9. The van der Waals surface area contributed by atoms with Gasteiger partial charge in [-0.2, -0.15) is 0 Å². The summed E-state index contributed by atoms with van der Waals surface area (Å²) in [6.07, 6.45) is 2.52. The zero-order valence-electron chi connectivity index (χ0n) is 14.1. The molecule has 136 valence electrons. The molecule has 1 saturated carbocycles. The van der Waals surface area contributed by atoms with Crippen molar-refractivity contribution in [2.75, 3.05) is 6.61 Å². The second kappa shape index (κ2) is 9.41. The molecular formula is C19H22BrClFNO2. The van der Waals surface area contributed by atoms with Crippen molar-refractivity contribution in [3.8, 4) is 11.5 Å². The minimum atomic E-state index is -0.248. The number of ether oxygens (including phenoxy) is 2. The molecule has 1 fully saturated rings. The molecule has 1 aliphatic rings. The van der Waals surface area contributed by atoms with E-state index in [0.717, 1.165) is 27.9 Å². The summed E-state index contributed by atoms with van der Waals surface area (Å²) in [6.45, 7) is 3.70. The molecule has 0 unspecified atom stereocenters. The van der Waals surface area contributed by atoms with E-state index in [0.29, 0.717) is 25.0 Å². The van der Waals surface area contributed by atoms with Crippen molar-refractivity contribution in [3.05, 3.63) is 57.8 Å². The minimum absolute atomic E-state index is 0. The number of halogens is 3. The lowest BCUT2D eigenvalue weighted by molar-refractivity contribution is 0.267. The van der Waals surface area contributed by atoms with Gasteiger partial charge in [-0.1, -0.05) is 12.1 Å². The predicted molar refractivity (Wildman–Crippen MR) is 103 cm³/mol. The van der Waals surface area contributed by atoms with E-state index >= 15 is 0 Å². The zero-order valence-corrected chi connectivity index (χ0v) is 16.5. The van der Waals surface area contributed by atoms with E-state index in [-0.39, 0.29) is 18.2 Å². The van der Waals surface area contributed by atoms with Crippen molar-refractivity contribution in [1.82, 2.24) is 5.32 Å². The Balaban J connectivity index is 0.00000225. The molecule has 0 aliphatic heterocycles. The van der Waals surface area contributed by atoms with Crippen LogP contribution in [0.5, 0.6) is 11.5 Å². The van der Waals surface area contributed by atoms with Crippen LogP contribution in [0.1, 0.15) is 30.9 Å². The second-order valence-corrected chi connectivity index (χ2v) is 6.76. The number of hydrogen-bond donors (Lipinski definition) is 1. The summed E-state index contributed by atoms with van der Waals surface area (Å²) in [6, 6.07) is 11.0. The second-order valence-electron chi connectivity index (χ2n) is 5.91. The molecule has 0 atom stereocenters. The Morgan fingerprint density at radius 2 is 1.84 bits per heavy atom. The summed E-state index contributed by atoms with van der Waals surface area (Å²) in [7, 11) is 0. The normalized spacial score (nSPS) is 13.2. The Morgan fingerprint density at radius 1 is 1.12 bits per heavy atom. The van der Waals surface area contributed by atoms with Crippen LogP contribution in [0.3, 0.4) is 0 Å². The largest absolute Gasteiger partial charge is 0.490 e. The van der Waals surface area contributed by atoms with E-state index in [1.165, 1.54) is 25.0 Å². The third-order valence-corrected chi connectivity index (χ3v) is 4.43. The van der Waals surface area contributed by atoms with Gasteiger partial charge in [-0.05, 0) is 71.1 Å². The lowest BCUT2D eigenvalue weighted by Crippen LogP contribution is -2.15. The van der Waals surface area contributed by atoms with Crippen LogP contribution in [-0.4, -0.2) is 12.6 Å². The third-order valence-electron chi connectivity index (χ3n) is 3.84. The maximum Gasteiger partial charge on any atom is 0.175 e. The monoisotopic (exact) mass is 429 g/mol. The van der Waals surface area contributed by atoms with E-state index < -0.39 is 0 Å². The standard InChI is InChI=1S/C19H21BrFNO2.ClH/c1-2-23-18-10-14(11-22-16-7-8-16)9-17(20)19(18)24-12-13-3-5-15(21)6-4-13;/h3-6,9-10,16,22H,2,7-8,11-12H2,1H3;1H. The van der Waals surface area contributed by atoms with Crippen LogP contribution in [0.2, 0.25) is 0 Å². The predicted octanol–water partition coefficient (Wildman–Crippen LogP) is 5.24. The topological polar surface area (TPSA) is 30.5 Å². The summed E-state index contributed by atoms with van der Waals surface area (Å²) in [4.78, 5) is 0. The first-order chi connectivity index (χ1) is 11.7. The molecule has 0 radical (unpaired) electrons. The van der Waals surface area contributed by atoms with Crippen molar-refractivity contribution in [1.29, 1.82) is 0 Å². The maximum atomic E-state index is 13.0. The summed E-state index contributed by atoms with van der Waals surface area (Å²) < 4.78 is 25.5. The average molecular weight is 431 g/mol. The van der Waals surface area contributed by atoms with Crippen LogP contribution in [0.25, 0.3) is 0 Å². The maximum absolute atomic E-state index is 13.0. The summed E-state index contributed by atoms with van der Waals surface area (Å²) in [5.74, 6) is 1.15. The highest BCUT2D eigenvalue weighted by atomic mass is 79.9. The first kappa shape index (κ1) is 20.0. The van der Waals surface area contributed by atoms with Gasteiger partial charge >= 0.3 is 0 Å². The van der Waals surface area contributed by atoms with Crippen LogP contribution >= 0.6 is 28.3 Å². The average Bonchev–Trinajstić information content (AvgIpc) is 3.38. The Morgan fingerprint density at radius 3 is 2.48 bits per heavy atom. The number of rotatable bonds is 8. The summed E-state index contributed by atoms with van der Waals surface area (Å²) in [5.41, 5.74) is 2.07. The Kier molecular flexibility index (Phi) is 7.54. The van der Waals surface area contributed by atoms with Gasteiger partial charge in [0.05, 0.1) is 11.1 Å². The molecule has 0 amide bonds. The van der Waals surface area contributed by atoms with E-state index in [9.17, 15) is 4.39 Å². The molecule has 6 heteroatoms. The molecule has 1 aliphatic carbocycles. The van der Waals surface area contributed by atoms with E-state index in [2.05, 4.69) is 27.3 Å². The highest BCUT2D eigenvalue weighted by Gasteiger charge is 2.20. The molecule has 1 N–H and O–H groups in total. The fourth-order valence-electron chi connectivity index (χ4n) is 2.41. The van der Waals surface area contributed by atoms with Crippen LogP contribution in [0, 0.1) is 5.82 Å². The third kappa shape index (κ3) is 5.87. The smallest absolute Gasteiger partial charge is 0.175 e. The van der Waals surface area contributed by atoms with Crippen molar-refractivity contribution < 1.29 is 13.9 Å². The fraction of sp³-hybridized carbons (Fsp3) is 0.368. The molecular weight excluding hydrogens is 409 g/mol. The first-order valence-corrected chi connectivity index (χ1v) is 9.01. The van der Waals surface area contributed by atoms with Crippen LogP contribution < -0.4 is 14.8 Å². The van der Waals surface area contributed by atoms with Crippen molar-refractivity contribution in [2.45, 2.75) is 39.0 Å². The molecule has 3 nitrogen and oxygen atoms in total. The van der Waals surface area contributed by atoms with Crippen LogP contribution in [0.4, 0.5) is 4.39 Å². The van der Waals surface area contributed by atoms with Gasteiger partial charge in [-0.15, -0.1) is 12.4 Å². The Bertz CT molecular complexity index is 693. The van der Waals surface area contributed by atoms with E-state index in [1.807, 2.05) is 13.0 Å². The van der Waals surface area contributed by atoms with E-state index in [4.69, 9.17) is 9.47 Å². The van der Waals surface area contributed by atoms with Gasteiger partial charge in [0.2, 0.25) is 0 Å². The number of nitrogens with one attached hydrogen (secondary N) is 1. The molecule has 0 saturated heterocycles. The molecule has 0 spiro atoms. The number of hydrogen-bond acceptors (Lipinski definition) is 3. The molecule has 2 aromatic carbocycles. The van der Waals surface area contributed by atoms with Gasteiger partial charge in [-0.25, -0.2) is 4.39 Å². The molecule has 0 heterocycles. The van der Waals surface area contributed by atoms with Crippen molar-refractivity contribution >= 4 is 28.3 Å². The van der Waals surface area contributed by atoms with Crippen molar-refractivity contribution in [2.24, 2.45) is 0 Å².